The summed E-state index contributed by atoms with van der Waals surface area (Å²) >= 11 is 0. The highest BCUT2D eigenvalue weighted by atomic mass is 16.4. The average molecular weight is 1580 g/mol. The second kappa shape index (κ2) is 52.5. The van der Waals surface area contributed by atoms with Gasteiger partial charge in [0.25, 0.3) is 0 Å². The number of aliphatic imine (C=N–C) groups is 5. The molecule has 0 unspecified atom stereocenters. The number of hydrogen-bond acceptors (Lipinski definition) is 23. The van der Waals surface area contributed by atoms with Gasteiger partial charge in [0.05, 0.1) is 12.4 Å². The summed E-state index contributed by atoms with van der Waals surface area (Å²) in [6.07, 6.45) is 0.923. The normalized spacial score (nSPS) is 15.3. The third-order valence-electron chi connectivity index (χ3n) is 17.0. The van der Waals surface area contributed by atoms with Gasteiger partial charge < -0.3 is 154 Å². The fraction of sp³-hybridized carbons (Fsp3) is 0.672. The summed E-state index contributed by atoms with van der Waals surface area (Å²) < 4.78 is 0. The summed E-state index contributed by atoms with van der Waals surface area (Å²) in [4.78, 5) is 209. The van der Waals surface area contributed by atoms with E-state index in [0.29, 0.717) is 19.3 Å². The number of aliphatic carboxylic acids is 1. The van der Waals surface area contributed by atoms with Crippen molar-refractivity contribution in [3.05, 3.63) is 18.2 Å². The molecule has 2 rings (SSSR count). The number of amides is 12. The molecule has 111 heavy (non-hydrogen) atoms. The van der Waals surface area contributed by atoms with E-state index in [1.54, 1.807) is 0 Å². The van der Waals surface area contributed by atoms with Gasteiger partial charge in [-0.25, -0.2) is 4.98 Å². The van der Waals surface area contributed by atoms with Gasteiger partial charge in [-0.1, -0.05) is 0 Å². The standard InChI is InChI=1S/C64H118N32O15/c1-34(97)48(68)59(111)96-29-11-19-45(96)58(110)94-43(20-21-46(67)98)56(108)92-42(18-10-28-84-64(77)78)55(107)95-44(30-35-31-79-33-86-35)57(109)93-41(17-9-27-83-63(75)76)54(106)91-40(16-8-26-82-62(73)74)53(105)90-39(15-7-25-81-61(71)72)52(104)89-38(13-3-5-23-66)51(103)88-37(12-2-4-22-65)50(102)87-36(14-6-24-80-60(69)70)49(101)85-32-47(99)100/h31,33-34,36-45,48,97H,2-30,32,65-66,68H2,1H3,(H2,67,98)(H,79,86)(H,85,101)(H,87,102)(H,88,103)(H,89,104)(H,90,105)(H,91,106)(H,92,108)(H,93,109)(H,94,110)(H,95,107)(H,99,100)(H4,69,70,80)(H4,71,72,81)(H4,73,74,82)(H4,75,76,83)(H4,77,78,84)/t34-,36+,37+,38+,39+,40+,41+,42+,43+,44+,45+,48+/m1/s1. The molecule has 1 aromatic rings. The Labute approximate surface area is 641 Å². The van der Waals surface area contributed by atoms with E-state index >= 15 is 0 Å². The van der Waals surface area contributed by atoms with E-state index in [-0.39, 0.29) is 191 Å². The number of carboxylic acid groups (broad SMARTS) is 1. The quantitative estimate of drug-likeness (QED) is 0.0164. The lowest BCUT2D eigenvalue weighted by Gasteiger charge is -2.30. The van der Waals surface area contributed by atoms with Gasteiger partial charge in [0.2, 0.25) is 70.9 Å². The van der Waals surface area contributed by atoms with Gasteiger partial charge in [-0.2, -0.15) is 0 Å². The van der Waals surface area contributed by atoms with Gasteiger partial charge in [0, 0.05) is 64.0 Å². The second-order valence-corrected chi connectivity index (χ2v) is 26.2. The monoisotopic (exact) mass is 1570 g/mol. The van der Waals surface area contributed by atoms with Crippen LogP contribution in [-0.2, 0) is 68.7 Å². The number of nitrogens with one attached hydrogen (secondary N) is 11. The Morgan fingerprint density at radius 3 is 1.08 bits per heavy atom. The Kier molecular flexibility index (Phi) is 45.3. The Bertz CT molecular complexity index is 3320. The van der Waals surface area contributed by atoms with Crippen molar-refractivity contribution in [2.75, 3.05) is 58.9 Å². The smallest absolute Gasteiger partial charge is 0.322 e. The van der Waals surface area contributed by atoms with Crippen LogP contribution in [0.25, 0.3) is 0 Å². The van der Waals surface area contributed by atoms with Crippen LogP contribution < -0.4 is 133 Å². The molecule has 2 heterocycles. The minimum Gasteiger partial charge on any atom is -0.480 e. The highest BCUT2D eigenvalue weighted by Gasteiger charge is 2.40. The fourth-order valence-corrected chi connectivity index (χ4v) is 11.2. The molecule has 0 aliphatic carbocycles. The molecule has 0 spiro atoms. The number of unbranched alkanes of at least 4 members (excludes halogenated alkanes) is 2. The number of carbonyl (C=O) groups excluding carboxylic acids is 12. The van der Waals surface area contributed by atoms with Crippen molar-refractivity contribution < 1.29 is 72.5 Å². The van der Waals surface area contributed by atoms with Crippen molar-refractivity contribution in [2.45, 2.75) is 214 Å². The first kappa shape index (κ1) is 95.6. The highest BCUT2D eigenvalue weighted by molar-refractivity contribution is 6.00. The molecule has 1 aliphatic heterocycles. The van der Waals surface area contributed by atoms with Crippen LogP contribution in [0.15, 0.2) is 37.5 Å². The fourth-order valence-electron chi connectivity index (χ4n) is 11.2. The zero-order valence-electron chi connectivity index (χ0n) is 62.7. The van der Waals surface area contributed by atoms with Gasteiger partial charge in [0.1, 0.15) is 73.0 Å². The van der Waals surface area contributed by atoms with Crippen LogP contribution in [0.5, 0.6) is 0 Å². The number of aromatic amines is 1. The molecule has 0 radical (unpaired) electrons. The molecule has 0 aromatic carbocycles. The lowest BCUT2D eigenvalue weighted by atomic mass is 10.0. The summed E-state index contributed by atoms with van der Waals surface area (Å²) in [6.45, 7) is 0.659. The molecule has 12 atom stereocenters. The van der Waals surface area contributed by atoms with E-state index in [1.807, 2.05) is 0 Å². The largest absolute Gasteiger partial charge is 0.480 e. The molecule has 47 heteroatoms. The third kappa shape index (κ3) is 39.4. The summed E-state index contributed by atoms with van der Waals surface area (Å²) in [6, 6.07) is -16.2. The SMILES string of the molecule is C[C@@H](O)[C@H](N)C(=O)N1CCC[C@H]1C(=O)N[C@@H](CCC(N)=O)C(=O)N[C@@H](CCCN=C(N)N)C(=O)N[C@@H](Cc1cnc[nH]1)C(=O)N[C@@H](CCCN=C(N)N)C(=O)N[C@@H](CCCN=C(N)N)C(=O)N[C@@H](CCCN=C(N)N)C(=O)N[C@@H](CCCCN)C(=O)N[C@@H](CCCCN)C(=O)N[C@@H](CCCN=C(N)N)C(=O)NCC(=O)O. The number of H-pyrrole nitrogens is 1. The summed E-state index contributed by atoms with van der Waals surface area (Å²) in [5.74, 6) is -13.9. The minimum absolute atomic E-state index is 0.00535. The highest BCUT2D eigenvalue weighted by Crippen LogP contribution is 2.20. The van der Waals surface area contributed by atoms with E-state index in [4.69, 9.17) is 80.3 Å². The number of hydrogen-bond donors (Lipinski definition) is 27. The van der Waals surface area contributed by atoms with Crippen molar-refractivity contribution in [1.82, 2.24) is 68.0 Å². The van der Waals surface area contributed by atoms with Crippen LogP contribution in [0.3, 0.4) is 0 Å². The van der Waals surface area contributed by atoms with E-state index in [9.17, 15) is 72.5 Å². The zero-order chi connectivity index (χ0) is 83.1. The van der Waals surface area contributed by atoms with Crippen molar-refractivity contribution in [3.8, 4) is 0 Å². The molecule has 12 amide bonds. The van der Waals surface area contributed by atoms with Gasteiger partial charge in [-0.3, -0.25) is 87.3 Å². The molecule has 0 saturated carbocycles. The third-order valence-corrected chi connectivity index (χ3v) is 17.0. The number of carbonyl (C=O) groups is 13. The van der Waals surface area contributed by atoms with Crippen LogP contribution >= 0.6 is 0 Å². The molecule has 1 aromatic heterocycles. The number of nitrogens with zero attached hydrogens (tertiary/aromatic N) is 7. The molecule has 1 saturated heterocycles. The van der Waals surface area contributed by atoms with Crippen molar-refractivity contribution in [1.29, 1.82) is 0 Å². The maximum atomic E-state index is 15.0. The summed E-state index contributed by atoms with van der Waals surface area (Å²) in [5.41, 5.74) is 79.1. The van der Waals surface area contributed by atoms with Gasteiger partial charge in [-0.05, 0) is 142 Å². The number of carboxylic acids is 1. The van der Waals surface area contributed by atoms with E-state index < -0.39 is 169 Å². The van der Waals surface area contributed by atoms with Crippen LogP contribution in [0, 0.1) is 0 Å². The minimum atomic E-state index is -1.64. The maximum absolute atomic E-state index is 15.0. The topological polar surface area (TPSA) is 841 Å². The van der Waals surface area contributed by atoms with E-state index in [2.05, 4.69) is 88.1 Å². The predicted molar refractivity (Wildman–Crippen MR) is 408 cm³/mol. The Hall–Kier alpha value is -11.5. The van der Waals surface area contributed by atoms with Crippen LogP contribution in [0.4, 0.5) is 0 Å². The molecule has 1 fully saturated rings. The first-order chi connectivity index (χ1) is 52.6. The summed E-state index contributed by atoms with van der Waals surface area (Å²) in [5, 5.41) is 45.2. The lowest BCUT2D eigenvalue weighted by molar-refractivity contribution is -0.142. The lowest BCUT2D eigenvalue weighted by Crippen LogP contribution is -2.61. The van der Waals surface area contributed by atoms with Gasteiger partial charge in [0.15, 0.2) is 29.8 Å². The number of aliphatic hydroxyl groups is 1. The van der Waals surface area contributed by atoms with Crippen molar-refractivity contribution >= 4 is 107 Å². The number of primary amides is 1. The maximum Gasteiger partial charge on any atom is 0.322 e. The Balaban J connectivity index is 2.75. The van der Waals surface area contributed by atoms with E-state index in [1.165, 1.54) is 24.3 Å². The molecule has 47 nitrogen and oxygen atoms in total. The summed E-state index contributed by atoms with van der Waals surface area (Å²) in [7, 11) is 0. The number of likely N-dealkylation sites (tertiary alicyclic amines) is 1. The van der Waals surface area contributed by atoms with Crippen molar-refractivity contribution in [2.24, 2.45) is 105 Å². The number of aliphatic hydroxyl groups excluding tert-OH is 1. The zero-order valence-corrected chi connectivity index (χ0v) is 62.7. The molecule has 41 N–H and O–H groups in total. The molecular weight excluding hydrogens is 1460 g/mol. The Morgan fingerprint density at radius 2 is 0.784 bits per heavy atom. The molecule has 1 aliphatic rings. The van der Waals surface area contributed by atoms with Crippen LogP contribution in [-0.4, -0.2) is 263 Å². The van der Waals surface area contributed by atoms with Crippen LogP contribution in [0.2, 0.25) is 0 Å². The molecule has 0 bridgehead atoms. The van der Waals surface area contributed by atoms with Gasteiger partial charge in [-0.15, -0.1) is 0 Å². The first-order valence-electron chi connectivity index (χ1n) is 36.5. The number of nitrogens with two attached hydrogens (primary N) is 14. The number of rotatable bonds is 56. The number of aromatic nitrogens is 2. The Morgan fingerprint density at radius 1 is 0.468 bits per heavy atom. The molecule has 624 valence electrons. The van der Waals surface area contributed by atoms with Gasteiger partial charge >= 0.3 is 5.97 Å². The first-order valence-corrected chi connectivity index (χ1v) is 36.5. The average Bonchev–Trinajstić information content (AvgIpc) is 1.74. The number of imidazole rings is 1. The number of guanidine groups is 5. The van der Waals surface area contributed by atoms with Crippen molar-refractivity contribution in [3.63, 3.8) is 0 Å². The second-order valence-electron chi connectivity index (χ2n) is 26.2. The predicted octanol–water partition coefficient (Wildman–Crippen LogP) is -12.0. The molecular formula is C64H118N32O15. The van der Waals surface area contributed by atoms with E-state index in [0.717, 1.165) is 0 Å². The van der Waals surface area contributed by atoms with Crippen LogP contribution in [0.1, 0.15) is 141 Å².